The van der Waals surface area contributed by atoms with Gasteiger partial charge < -0.3 is 24.8 Å². The van der Waals surface area contributed by atoms with Gasteiger partial charge in [0.2, 0.25) is 0 Å². The van der Waals surface area contributed by atoms with Crippen LogP contribution in [0.3, 0.4) is 0 Å². The van der Waals surface area contributed by atoms with Gasteiger partial charge in [-0.05, 0) is 49.2 Å². The van der Waals surface area contributed by atoms with Crippen LogP contribution in [0, 0.1) is 0 Å². The van der Waals surface area contributed by atoms with Crippen molar-refractivity contribution in [2.45, 2.75) is 51.5 Å². The minimum absolute atomic E-state index is 0.0669. The van der Waals surface area contributed by atoms with Crippen LogP contribution < -0.4 is 5.32 Å². The molecule has 0 spiro atoms. The van der Waals surface area contributed by atoms with E-state index in [-0.39, 0.29) is 12.4 Å². The normalized spacial score (nSPS) is 12.2. The van der Waals surface area contributed by atoms with E-state index in [0.29, 0.717) is 48.5 Å². The van der Waals surface area contributed by atoms with E-state index in [0.717, 1.165) is 43.4 Å². The number of rotatable bonds is 16. The van der Waals surface area contributed by atoms with E-state index in [1.54, 1.807) is 24.3 Å². The molecule has 0 aliphatic rings. The third-order valence-electron chi connectivity index (χ3n) is 5.02. The molecule has 2 rings (SSSR count). The Morgan fingerprint density at radius 3 is 2.38 bits per heavy atom. The number of unbranched alkanes of at least 4 members (excludes halogenated alkanes) is 3. The van der Waals surface area contributed by atoms with Crippen LogP contribution in [0.25, 0.3) is 0 Å². The van der Waals surface area contributed by atoms with Gasteiger partial charge in [0.15, 0.2) is 0 Å². The number of aliphatic hydroxyl groups excluding tert-OH is 2. The summed E-state index contributed by atoms with van der Waals surface area (Å²) in [6, 6.07) is 10.4. The van der Waals surface area contributed by atoms with Crippen LogP contribution in [0.15, 0.2) is 36.4 Å². The average Bonchev–Trinajstić information content (AvgIpc) is 2.77. The fourth-order valence-corrected chi connectivity index (χ4v) is 3.71. The van der Waals surface area contributed by atoms with Gasteiger partial charge in [-0.2, -0.15) is 0 Å². The maximum Gasteiger partial charge on any atom is 0.121 e. The lowest BCUT2D eigenvalue weighted by Gasteiger charge is -2.14. The van der Waals surface area contributed by atoms with Crippen molar-refractivity contribution >= 4 is 23.2 Å². The van der Waals surface area contributed by atoms with Gasteiger partial charge in [0.1, 0.15) is 12.0 Å². The molecule has 0 saturated heterocycles. The molecular formula is C24H33Cl2NO5. The SMILES string of the molecule is OCc1cc(CC(O)NCCCCCCOCCOCc2c(Cl)cccc2Cl)ccc1O. The fraction of sp³-hybridized carbons (Fsp3) is 0.500. The highest BCUT2D eigenvalue weighted by molar-refractivity contribution is 6.35. The largest absolute Gasteiger partial charge is 0.508 e. The molecule has 0 aliphatic heterocycles. The minimum atomic E-state index is -0.657. The molecule has 0 saturated carbocycles. The summed E-state index contributed by atoms with van der Waals surface area (Å²) >= 11 is 12.2. The van der Waals surface area contributed by atoms with Crippen molar-refractivity contribution < 1.29 is 24.8 Å². The first-order chi connectivity index (χ1) is 15.5. The van der Waals surface area contributed by atoms with Crippen LogP contribution in [-0.2, 0) is 29.1 Å². The first-order valence-corrected chi connectivity index (χ1v) is 11.7. The Kier molecular flexibility index (Phi) is 13.0. The van der Waals surface area contributed by atoms with E-state index in [2.05, 4.69) is 5.32 Å². The molecule has 8 heteroatoms. The van der Waals surface area contributed by atoms with E-state index in [1.807, 2.05) is 6.07 Å². The number of aliphatic hydroxyl groups is 2. The zero-order chi connectivity index (χ0) is 23.2. The molecule has 0 fully saturated rings. The molecule has 0 heterocycles. The third kappa shape index (κ3) is 10.0. The lowest BCUT2D eigenvalue weighted by Crippen LogP contribution is -2.31. The van der Waals surface area contributed by atoms with Crippen molar-refractivity contribution in [3.05, 3.63) is 63.1 Å². The van der Waals surface area contributed by atoms with Crippen molar-refractivity contribution in [1.29, 1.82) is 0 Å². The fourth-order valence-electron chi connectivity index (χ4n) is 3.20. The molecule has 0 aliphatic carbocycles. The standard InChI is InChI=1S/C24H33Cl2NO5/c25-21-6-5-7-22(26)20(21)17-32-13-12-31-11-4-2-1-3-10-27-24(30)15-18-8-9-23(29)19(14-18)16-28/h5-9,14,24,27-30H,1-4,10-13,15-17H2. The molecule has 0 bridgehead atoms. The Morgan fingerprint density at radius 1 is 0.906 bits per heavy atom. The van der Waals surface area contributed by atoms with Crippen molar-refractivity contribution in [3.63, 3.8) is 0 Å². The summed E-state index contributed by atoms with van der Waals surface area (Å²) in [5.74, 6) is 0.0669. The maximum atomic E-state index is 10.1. The summed E-state index contributed by atoms with van der Waals surface area (Å²) in [6.07, 6.45) is 3.83. The second-order valence-electron chi connectivity index (χ2n) is 7.57. The smallest absolute Gasteiger partial charge is 0.121 e. The van der Waals surface area contributed by atoms with Crippen LogP contribution in [-0.4, -0.2) is 47.9 Å². The van der Waals surface area contributed by atoms with Crippen LogP contribution in [0.1, 0.15) is 42.4 Å². The second-order valence-corrected chi connectivity index (χ2v) is 8.39. The number of nitrogens with one attached hydrogen (secondary N) is 1. The topological polar surface area (TPSA) is 91.2 Å². The summed E-state index contributed by atoms with van der Waals surface area (Å²) in [5.41, 5.74) is 2.13. The van der Waals surface area contributed by atoms with Gasteiger partial charge in [0.25, 0.3) is 0 Å². The lowest BCUT2D eigenvalue weighted by molar-refractivity contribution is 0.0393. The molecule has 32 heavy (non-hydrogen) atoms. The summed E-state index contributed by atoms with van der Waals surface area (Å²) < 4.78 is 11.2. The number of phenols is 1. The first kappa shape index (κ1) is 26.9. The Morgan fingerprint density at radius 2 is 1.62 bits per heavy atom. The zero-order valence-electron chi connectivity index (χ0n) is 18.2. The molecule has 0 amide bonds. The first-order valence-electron chi connectivity index (χ1n) is 10.9. The summed E-state index contributed by atoms with van der Waals surface area (Å²) in [6.45, 7) is 2.59. The summed E-state index contributed by atoms with van der Waals surface area (Å²) in [7, 11) is 0. The molecule has 1 unspecified atom stereocenters. The Hall–Kier alpha value is -1.38. The van der Waals surface area contributed by atoms with Crippen molar-refractivity contribution in [2.24, 2.45) is 0 Å². The molecule has 4 N–H and O–H groups in total. The Labute approximate surface area is 200 Å². The Balaban J connectivity index is 1.42. The number of benzene rings is 2. The minimum Gasteiger partial charge on any atom is -0.508 e. The third-order valence-corrected chi connectivity index (χ3v) is 5.73. The molecular weight excluding hydrogens is 453 g/mol. The van der Waals surface area contributed by atoms with Crippen LogP contribution in [0.2, 0.25) is 10.0 Å². The van der Waals surface area contributed by atoms with Crippen LogP contribution in [0.4, 0.5) is 0 Å². The number of hydrogen-bond acceptors (Lipinski definition) is 6. The van der Waals surface area contributed by atoms with E-state index in [9.17, 15) is 15.3 Å². The van der Waals surface area contributed by atoms with Gasteiger partial charge in [0.05, 0.1) is 26.4 Å². The number of hydrogen-bond donors (Lipinski definition) is 4. The molecule has 178 valence electrons. The Bertz CT molecular complexity index is 786. The van der Waals surface area contributed by atoms with Crippen molar-refractivity contribution in [2.75, 3.05) is 26.4 Å². The lowest BCUT2D eigenvalue weighted by atomic mass is 10.1. The number of ether oxygens (including phenoxy) is 2. The predicted molar refractivity (Wildman–Crippen MR) is 127 cm³/mol. The van der Waals surface area contributed by atoms with Gasteiger partial charge in [0, 0.05) is 34.2 Å². The van der Waals surface area contributed by atoms with Crippen LogP contribution >= 0.6 is 23.2 Å². The van der Waals surface area contributed by atoms with Crippen molar-refractivity contribution in [3.8, 4) is 5.75 Å². The summed E-state index contributed by atoms with van der Waals surface area (Å²) in [4.78, 5) is 0. The van der Waals surface area contributed by atoms with Crippen molar-refractivity contribution in [1.82, 2.24) is 5.32 Å². The molecule has 2 aromatic rings. The van der Waals surface area contributed by atoms with Crippen LogP contribution in [0.5, 0.6) is 5.75 Å². The molecule has 0 radical (unpaired) electrons. The highest BCUT2D eigenvalue weighted by Crippen LogP contribution is 2.24. The number of halogens is 2. The van der Waals surface area contributed by atoms with Gasteiger partial charge >= 0.3 is 0 Å². The van der Waals surface area contributed by atoms with Gasteiger partial charge in [-0.3, -0.25) is 5.32 Å². The highest BCUT2D eigenvalue weighted by atomic mass is 35.5. The molecule has 0 aromatic heterocycles. The number of aromatic hydroxyl groups is 1. The quantitative estimate of drug-likeness (QED) is 0.207. The van der Waals surface area contributed by atoms with Gasteiger partial charge in [-0.1, -0.05) is 48.2 Å². The van der Waals surface area contributed by atoms with E-state index in [1.165, 1.54) is 6.07 Å². The predicted octanol–water partition coefficient (Wildman–Crippen LogP) is 4.44. The molecule has 6 nitrogen and oxygen atoms in total. The molecule has 2 aromatic carbocycles. The maximum absolute atomic E-state index is 10.1. The highest BCUT2D eigenvalue weighted by Gasteiger charge is 2.08. The van der Waals surface area contributed by atoms with Gasteiger partial charge in [-0.15, -0.1) is 0 Å². The van der Waals surface area contributed by atoms with E-state index >= 15 is 0 Å². The molecule has 1 atom stereocenters. The van der Waals surface area contributed by atoms with Gasteiger partial charge in [-0.25, -0.2) is 0 Å². The van der Waals surface area contributed by atoms with E-state index < -0.39 is 6.23 Å². The zero-order valence-corrected chi connectivity index (χ0v) is 19.7. The van der Waals surface area contributed by atoms with E-state index in [4.69, 9.17) is 32.7 Å². The average molecular weight is 486 g/mol. The monoisotopic (exact) mass is 485 g/mol. The second kappa shape index (κ2) is 15.5. The summed E-state index contributed by atoms with van der Waals surface area (Å²) in [5, 5.41) is 33.2.